The maximum Gasteiger partial charge on any atom is 0.154 e. The number of nitrogens with zero attached hydrogens (tertiary/aromatic N) is 2. The van der Waals surface area contributed by atoms with Crippen molar-refractivity contribution in [1.29, 1.82) is 0 Å². The van der Waals surface area contributed by atoms with Crippen molar-refractivity contribution in [3.8, 4) is 17.0 Å². The molecule has 2 heterocycles. The van der Waals surface area contributed by atoms with E-state index in [1.165, 1.54) is 12.0 Å². The maximum absolute atomic E-state index is 11.1. The van der Waals surface area contributed by atoms with Gasteiger partial charge in [0.1, 0.15) is 11.4 Å². The molecule has 31 heavy (non-hydrogen) atoms. The quantitative estimate of drug-likeness (QED) is 0.706. The van der Waals surface area contributed by atoms with Gasteiger partial charge in [-0.25, -0.2) is 0 Å². The summed E-state index contributed by atoms with van der Waals surface area (Å²) < 4.78 is 6.26. The summed E-state index contributed by atoms with van der Waals surface area (Å²) in [6.07, 6.45) is 9.16. The van der Waals surface area contributed by atoms with Gasteiger partial charge in [0, 0.05) is 17.5 Å². The van der Waals surface area contributed by atoms with Gasteiger partial charge >= 0.3 is 0 Å². The Kier molecular flexibility index (Phi) is 3.81. The van der Waals surface area contributed by atoms with Crippen molar-refractivity contribution >= 4 is 5.82 Å². The monoisotopic (exact) mass is 419 g/mol. The Bertz CT molecular complexity index is 1080. The Hall–Kier alpha value is -2.18. The summed E-state index contributed by atoms with van der Waals surface area (Å²) in [7, 11) is 0. The lowest BCUT2D eigenvalue weighted by Crippen LogP contribution is -2.39. The van der Waals surface area contributed by atoms with Gasteiger partial charge in [-0.15, -0.1) is 10.2 Å². The highest BCUT2D eigenvalue weighted by molar-refractivity contribution is 5.75. The number of phenolic OH excluding ortho intramolecular Hbond substituents is 1. The summed E-state index contributed by atoms with van der Waals surface area (Å²) in [6, 6.07) is 4.22. The molecule has 1 aromatic heterocycles. The van der Waals surface area contributed by atoms with Crippen molar-refractivity contribution in [2.45, 2.75) is 82.1 Å². The number of phenols is 1. The number of aryl methyl sites for hydroxylation is 1. The van der Waals surface area contributed by atoms with E-state index in [0.29, 0.717) is 24.2 Å². The fourth-order valence-electron chi connectivity index (χ4n) is 6.70. The molecule has 1 aliphatic heterocycles. The summed E-state index contributed by atoms with van der Waals surface area (Å²) >= 11 is 0. The molecule has 3 saturated carbocycles. The van der Waals surface area contributed by atoms with E-state index in [-0.39, 0.29) is 17.7 Å². The number of benzene rings is 1. The SMILES string of the molecule is Oc1c(-c2nnc(N[C@H]3[C@@H]4CC[C@@H](C4)[C@@H]3O)c3c2CC2(CC2)OC3)ccc2c1CCC2. The van der Waals surface area contributed by atoms with Crippen LogP contribution in [0.25, 0.3) is 11.3 Å². The first kappa shape index (κ1) is 18.4. The Morgan fingerprint density at radius 3 is 2.71 bits per heavy atom. The predicted molar refractivity (Wildman–Crippen MR) is 116 cm³/mol. The number of hydrogen-bond donors (Lipinski definition) is 3. The zero-order valence-electron chi connectivity index (χ0n) is 17.7. The average molecular weight is 420 g/mol. The Morgan fingerprint density at radius 2 is 1.90 bits per heavy atom. The summed E-state index contributed by atoms with van der Waals surface area (Å²) in [4.78, 5) is 0. The molecule has 4 atom stereocenters. The van der Waals surface area contributed by atoms with Crippen LogP contribution in [0.3, 0.4) is 0 Å². The van der Waals surface area contributed by atoms with Crippen LogP contribution in [-0.4, -0.2) is 38.2 Å². The lowest BCUT2D eigenvalue weighted by molar-refractivity contribution is 0.00822. The highest BCUT2D eigenvalue weighted by Gasteiger charge is 2.50. The van der Waals surface area contributed by atoms with Gasteiger partial charge in [0.25, 0.3) is 0 Å². The highest BCUT2D eigenvalue weighted by atomic mass is 16.5. The van der Waals surface area contributed by atoms with E-state index in [0.717, 1.165) is 85.1 Å². The van der Waals surface area contributed by atoms with Crippen molar-refractivity contribution < 1.29 is 14.9 Å². The van der Waals surface area contributed by atoms with Crippen LogP contribution in [0.1, 0.15) is 60.8 Å². The number of aromatic nitrogens is 2. The van der Waals surface area contributed by atoms with Crippen LogP contribution in [0, 0.1) is 11.8 Å². The third kappa shape index (κ3) is 2.70. The number of ether oxygens (including phenoxy) is 1. The van der Waals surface area contributed by atoms with Crippen LogP contribution >= 0.6 is 0 Å². The van der Waals surface area contributed by atoms with Crippen LogP contribution in [-0.2, 0) is 30.6 Å². The predicted octanol–water partition coefficient (Wildman–Crippen LogP) is 3.51. The van der Waals surface area contributed by atoms with Gasteiger partial charge < -0.3 is 20.3 Å². The van der Waals surface area contributed by atoms with Gasteiger partial charge in [-0.3, -0.25) is 0 Å². The van der Waals surface area contributed by atoms with Gasteiger partial charge in [0.15, 0.2) is 5.82 Å². The van der Waals surface area contributed by atoms with Crippen molar-refractivity contribution in [2.75, 3.05) is 5.32 Å². The molecule has 6 nitrogen and oxygen atoms in total. The second kappa shape index (κ2) is 6.42. The number of aromatic hydroxyl groups is 1. The molecule has 3 N–H and O–H groups in total. The van der Waals surface area contributed by atoms with Crippen molar-refractivity contribution in [2.24, 2.45) is 11.8 Å². The van der Waals surface area contributed by atoms with E-state index < -0.39 is 0 Å². The molecule has 0 unspecified atom stereocenters. The van der Waals surface area contributed by atoms with Crippen molar-refractivity contribution in [3.63, 3.8) is 0 Å². The number of rotatable bonds is 3. The fourth-order valence-corrected chi connectivity index (χ4v) is 6.70. The molecule has 4 aliphatic carbocycles. The number of anilines is 1. The molecule has 0 radical (unpaired) electrons. The lowest BCUT2D eigenvalue weighted by atomic mass is 9.90. The summed E-state index contributed by atoms with van der Waals surface area (Å²) in [5, 5.41) is 34.6. The van der Waals surface area contributed by atoms with Crippen molar-refractivity contribution in [3.05, 3.63) is 34.4 Å². The normalized spacial score (nSPS) is 31.6. The molecule has 3 fully saturated rings. The van der Waals surface area contributed by atoms with Crippen molar-refractivity contribution in [1.82, 2.24) is 10.2 Å². The summed E-state index contributed by atoms with van der Waals surface area (Å²) in [6.45, 7) is 0.517. The minimum atomic E-state index is -0.309. The Morgan fingerprint density at radius 1 is 1.03 bits per heavy atom. The first-order chi connectivity index (χ1) is 15.1. The molecule has 6 heteroatoms. The molecular formula is C25H29N3O3. The topological polar surface area (TPSA) is 87.5 Å². The standard InChI is InChI=1S/C25H29N3O3/c29-22-15-5-4-14(10-15)20(22)26-24-19-12-31-25(8-9-25)11-18(19)21(27-28-24)17-7-6-13-2-1-3-16(13)23(17)30/h6-7,14-15,20,22,29-30H,1-5,8-12H2,(H,26,28)/t14-,15+,20+,22+/m1/s1. The molecule has 1 spiro atoms. The first-order valence-corrected chi connectivity index (χ1v) is 11.9. The largest absolute Gasteiger partial charge is 0.507 e. The third-order valence-electron chi connectivity index (χ3n) is 8.70. The minimum absolute atomic E-state index is 0.0493. The van der Waals surface area contributed by atoms with E-state index in [4.69, 9.17) is 4.74 Å². The number of aliphatic hydroxyl groups excluding tert-OH is 1. The van der Waals surface area contributed by atoms with Crippen LogP contribution in [0.4, 0.5) is 5.82 Å². The molecule has 1 aromatic carbocycles. The molecule has 7 rings (SSSR count). The average Bonchev–Trinajstić information content (AvgIpc) is 3.16. The number of hydrogen-bond acceptors (Lipinski definition) is 6. The molecule has 0 saturated heterocycles. The van der Waals surface area contributed by atoms with Gasteiger partial charge in [-0.05, 0) is 86.0 Å². The molecular weight excluding hydrogens is 390 g/mol. The zero-order chi connectivity index (χ0) is 20.7. The molecule has 0 amide bonds. The second-order valence-corrected chi connectivity index (χ2v) is 10.4. The second-order valence-electron chi connectivity index (χ2n) is 10.4. The minimum Gasteiger partial charge on any atom is -0.507 e. The first-order valence-electron chi connectivity index (χ1n) is 11.9. The highest BCUT2D eigenvalue weighted by Crippen LogP contribution is 2.51. The summed E-state index contributed by atoms with van der Waals surface area (Å²) in [5.74, 6) is 2.07. The Balaban J connectivity index is 1.31. The van der Waals surface area contributed by atoms with Gasteiger partial charge in [0.05, 0.1) is 24.4 Å². The van der Waals surface area contributed by atoms with E-state index in [9.17, 15) is 10.2 Å². The van der Waals surface area contributed by atoms with Gasteiger partial charge in [0.2, 0.25) is 0 Å². The molecule has 162 valence electrons. The van der Waals surface area contributed by atoms with Gasteiger partial charge in [-0.2, -0.15) is 0 Å². The van der Waals surface area contributed by atoms with E-state index in [2.05, 4.69) is 21.6 Å². The smallest absolute Gasteiger partial charge is 0.154 e. The van der Waals surface area contributed by atoms with E-state index in [1.54, 1.807) is 0 Å². The number of aliphatic hydroxyl groups is 1. The van der Waals surface area contributed by atoms with Crippen LogP contribution < -0.4 is 5.32 Å². The fraction of sp³-hybridized carbons (Fsp3) is 0.600. The van der Waals surface area contributed by atoms with Crippen LogP contribution in [0.15, 0.2) is 12.1 Å². The number of fused-ring (bicyclic) bond motifs is 4. The van der Waals surface area contributed by atoms with Crippen LogP contribution in [0.2, 0.25) is 0 Å². The molecule has 5 aliphatic rings. The number of nitrogens with one attached hydrogen (secondary N) is 1. The van der Waals surface area contributed by atoms with Crippen LogP contribution in [0.5, 0.6) is 5.75 Å². The summed E-state index contributed by atoms with van der Waals surface area (Å²) in [5.41, 5.74) is 6.09. The zero-order valence-corrected chi connectivity index (χ0v) is 17.7. The molecule has 2 bridgehead atoms. The van der Waals surface area contributed by atoms with E-state index >= 15 is 0 Å². The molecule has 2 aromatic rings. The van der Waals surface area contributed by atoms with Gasteiger partial charge in [-0.1, -0.05) is 6.07 Å². The lowest BCUT2D eigenvalue weighted by Gasteiger charge is -2.32. The third-order valence-corrected chi connectivity index (χ3v) is 8.70. The maximum atomic E-state index is 11.1. The Labute approximate surface area is 182 Å². The van der Waals surface area contributed by atoms with E-state index in [1.807, 2.05) is 6.07 Å².